The summed E-state index contributed by atoms with van der Waals surface area (Å²) in [6.45, 7) is 0. The zero-order valence-electron chi connectivity index (χ0n) is 9.81. The summed E-state index contributed by atoms with van der Waals surface area (Å²) in [5.74, 6) is -0.560. The Hall–Kier alpha value is -2.81. The van der Waals surface area contributed by atoms with Gasteiger partial charge in [0.1, 0.15) is 0 Å². The van der Waals surface area contributed by atoms with Gasteiger partial charge in [-0.1, -0.05) is 17.4 Å². The lowest BCUT2D eigenvalue weighted by Gasteiger charge is -2.02. The molecule has 0 aliphatic carbocycles. The third-order valence-electron chi connectivity index (χ3n) is 2.34. The Morgan fingerprint density at radius 2 is 1.90 bits per heavy atom. The van der Waals surface area contributed by atoms with Gasteiger partial charge in [-0.05, 0) is 6.07 Å². The quantitative estimate of drug-likeness (QED) is 0.687. The first-order valence-corrected chi connectivity index (χ1v) is 6.14. The molecule has 1 amide bonds. The van der Waals surface area contributed by atoms with Crippen LogP contribution in [0.3, 0.4) is 0 Å². The number of thiophene rings is 1. The van der Waals surface area contributed by atoms with Crippen LogP contribution in [0.2, 0.25) is 0 Å². The molecule has 0 saturated carbocycles. The molecule has 2 aromatic rings. The molecule has 0 aliphatic heterocycles. The molecular formula is C11H7N3O5S. The molecule has 0 bridgehead atoms. The van der Waals surface area contributed by atoms with Crippen molar-refractivity contribution in [3.05, 3.63) is 61.5 Å². The number of anilines is 1. The van der Waals surface area contributed by atoms with Crippen molar-refractivity contribution in [3.63, 3.8) is 0 Å². The first kappa shape index (κ1) is 13.6. The highest BCUT2D eigenvalue weighted by molar-refractivity contribution is 7.13. The molecule has 0 unspecified atom stereocenters. The van der Waals surface area contributed by atoms with Crippen LogP contribution in [0.15, 0.2) is 35.7 Å². The van der Waals surface area contributed by atoms with Crippen LogP contribution in [0.25, 0.3) is 0 Å². The number of nitro benzene ring substituents is 1. The number of carbonyl (C=O) groups excluding carboxylic acids is 1. The normalized spacial score (nSPS) is 10.0. The van der Waals surface area contributed by atoms with Crippen molar-refractivity contribution in [1.82, 2.24) is 0 Å². The summed E-state index contributed by atoms with van der Waals surface area (Å²) in [6, 6.07) is 6.58. The van der Waals surface area contributed by atoms with Gasteiger partial charge in [-0.15, -0.1) is 0 Å². The number of nitrogens with one attached hydrogen (secondary N) is 1. The second-order valence-electron chi connectivity index (χ2n) is 3.69. The monoisotopic (exact) mass is 293 g/mol. The summed E-state index contributed by atoms with van der Waals surface area (Å²) in [6.07, 6.45) is 0. The molecule has 1 aromatic heterocycles. The first-order chi connectivity index (χ1) is 9.47. The van der Waals surface area contributed by atoms with Crippen molar-refractivity contribution in [2.45, 2.75) is 0 Å². The summed E-state index contributed by atoms with van der Waals surface area (Å²) in [7, 11) is 0. The standard InChI is InChI=1S/C11H7N3O5S/c15-11(7-4-10(14(18)19)20-6-7)12-8-2-1-3-9(5-8)13(16)17/h1-6H,(H,12,15). The van der Waals surface area contributed by atoms with Crippen LogP contribution in [0.4, 0.5) is 16.4 Å². The molecule has 0 fully saturated rings. The number of amides is 1. The number of nitrogens with zero attached hydrogens (tertiary/aromatic N) is 2. The molecule has 0 aliphatic rings. The van der Waals surface area contributed by atoms with Crippen LogP contribution in [0.5, 0.6) is 0 Å². The maximum absolute atomic E-state index is 11.8. The van der Waals surface area contributed by atoms with E-state index in [1.54, 1.807) is 0 Å². The SMILES string of the molecule is O=C(Nc1cccc([N+](=O)[O-])c1)c1csc([N+](=O)[O-])c1. The molecule has 102 valence electrons. The number of hydrogen-bond donors (Lipinski definition) is 1. The third kappa shape index (κ3) is 2.95. The van der Waals surface area contributed by atoms with E-state index in [2.05, 4.69) is 5.32 Å². The lowest BCUT2D eigenvalue weighted by Crippen LogP contribution is -2.10. The predicted molar refractivity (Wildman–Crippen MR) is 72.0 cm³/mol. The first-order valence-electron chi connectivity index (χ1n) is 5.26. The van der Waals surface area contributed by atoms with E-state index in [-0.39, 0.29) is 21.9 Å². The van der Waals surface area contributed by atoms with Gasteiger partial charge in [0.2, 0.25) is 0 Å². The number of benzene rings is 1. The van der Waals surface area contributed by atoms with Crippen LogP contribution in [0, 0.1) is 20.2 Å². The van der Waals surface area contributed by atoms with Crippen molar-refractivity contribution in [3.8, 4) is 0 Å². The Morgan fingerprint density at radius 3 is 2.50 bits per heavy atom. The Balaban J connectivity index is 2.16. The highest BCUT2D eigenvalue weighted by Gasteiger charge is 2.15. The average Bonchev–Trinajstić information content (AvgIpc) is 2.88. The fourth-order valence-corrected chi connectivity index (χ4v) is 2.14. The molecule has 8 nitrogen and oxygen atoms in total. The molecular weight excluding hydrogens is 286 g/mol. The van der Waals surface area contributed by atoms with Crippen LogP contribution in [0.1, 0.15) is 10.4 Å². The zero-order chi connectivity index (χ0) is 14.7. The summed E-state index contributed by atoms with van der Waals surface area (Å²) >= 11 is 0.836. The Kier molecular flexibility index (Phi) is 3.71. The predicted octanol–water partition coefficient (Wildman–Crippen LogP) is 2.82. The fraction of sp³-hybridized carbons (Fsp3) is 0. The van der Waals surface area contributed by atoms with E-state index in [1.807, 2.05) is 0 Å². The molecule has 20 heavy (non-hydrogen) atoms. The molecule has 9 heteroatoms. The summed E-state index contributed by atoms with van der Waals surface area (Å²) in [5.41, 5.74) is 0.227. The van der Waals surface area contributed by atoms with Gasteiger partial charge in [-0.3, -0.25) is 25.0 Å². The summed E-state index contributed by atoms with van der Waals surface area (Å²) in [5, 5.41) is 24.8. The molecule has 1 aromatic carbocycles. The molecule has 2 rings (SSSR count). The van der Waals surface area contributed by atoms with E-state index in [0.29, 0.717) is 0 Å². The fourth-order valence-electron chi connectivity index (χ4n) is 1.44. The lowest BCUT2D eigenvalue weighted by molar-refractivity contribution is -0.384. The van der Waals surface area contributed by atoms with Crippen LogP contribution < -0.4 is 5.32 Å². The maximum Gasteiger partial charge on any atom is 0.324 e. The van der Waals surface area contributed by atoms with Gasteiger partial charge in [-0.25, -0.2) is 0 Å². The minimum absolute atomic E-state index is 0.133. The second-order valence-corrected chi connectivity index (χ2v) is 4.58. The Labute approximate surface area is 116 Å². The van der Waals surface area contributed by atoms with Crippen LogP contribution >= 0.6 is 11.3 Å². The highest BCUT2D eigenvalue weighted by Crippen LogP contribution is 2.24. The second kappa shape index (κ2) is 5.45. The largest absolute Gasteiger partial charge is 0.324 e. The molecule has 0 spiro atoms. The Bertz CT molecular complexity index is 697. The minimum Gasteiger partial charge on any atom is -0.322 e. The highest BCUT2D eigenvalue weighted by atomic mass is 32.1. The smallest absolute Gasteiger partial charge is 0.322 e. The van der Waals surface area contributed by atoms with Gasteiger partial charge >= 0.3 is 5.00 Å². The molecule has 0 radical (unpaired) electrons. The van der Waals surface area contributed by atoms with Crippen molar-refractivity contribution < 1.29 is 14.6 Å². The maximum atomic E-state index is 11.8. The van der Waals surface area contributed by atoms with Crippen molar-refractivity contribution in [1.29, 1.82) is 0 Å². The van der Waals surface area contributed by atoms with Gasteiger partial charge < -0.3 is 5.32 Å². The number of non-ortho nitro benzene ring substituents is 1. The topological polar surface area (TPSA) is 115 Å². The van der Waals surface area contributed by atoms with Gasteiger partial charge in [0.05, 0.1) is 15.4 Å². The van der Waals surface area contributed by atoms with Gasteiger partial charge in [0.15, 0.2) is 0 Å². The van der Waals surface area contributed by atoms with Crippen molar-refractivity contribution >= 4 is 33.6 Å². The molecule has 1 heterocycles. The Morgan fingerprint density at radius 1 is 1.15 bits per heavy atom. The van der Waals surface area contributed by atoms with E-state index in [9.17, 15) is 25.0 Å². The van der Waals surface area contributed by atoms with E-state index in [4.69, 9.17) is 0 Å². The lowest BCUT2D eigenvalue weighted by atomic mass is 10.2. The minimum atomic E-state index is -0.588. The number of carbonyl (C=O) groups is 1. The van der Waals surface area contributed by atoms with Crippen LogP contribution in [-0.4, -0.2) is 15.8 Å². The average molecular weight is 293 g/mol. The number of hydrogen-bond acceptors (Lipinski definition) is 6. The summed E-state index contributed by atoms with van der Waals surface area (Å²) in [4.78, 5) is 31.8. The molecule has 0 atom stereocenters. The van der Waals surface area contributed by atoms with Gasteiger partial charge in [0, 0.05) is 29.3 Å². The number of rotatable bonds is 4. The third-order valence-corrected chi connectivity index (χ3v) is 3.22. The molecule has 1 N–H and O–H groups in total. The zero-order valence-corrected chi connectivity index (χ0v) is 10.6. The van der Waals surface area contributed by atoms with Crippen molar-refractivity contribution in [2.24, 2.45) is 0 Å². The van der Waals surface area contributed by atoms with Gasteiger partial charge in [-0.2, -0.15) is 0 Å². The molecule has 0 saturated heterocycles. The van der Waals surface area contributed by atoms with Crippen molar-refractivity contribution in [2.75, 3.05) is 5.32 Å². The number of nitro groups is 2. The van der Waals surface area contributed by atoms with E-state index < -0.39 is 15.8 Å². The van der Waals surface area contributed by atoms with Crippen LogP contribution in [-0.2, 0) is 0 Å². The van der Waals surface area contributed by atoms with E-state index in [0.717, 1.165) is 17.4 Å². The van der Waals surface area contributed by atoms with E-state index in [1.165, 1.54) is 29.6 Å². The summed E-state index contributed by atoms with van der Waals surface area (Å²) < 4.78 is 0. The van der Waals surface area contributed by atoms with E-state index >= 15 is 0 Å². The van der Waals surface area contributed by atoms with Gasteiger partial charge in [0.25, 0.3) is 11.6 Å².